The molecule has 0 radical (unpaired) electrons. The molecule has 0 aliphatic heterocycles. The molecule has 0 fully saturated rings. The van der Waals surface area contributed by atoms with Gasteiger partial charge in [0.1, 0.15) is 12.7 Å². The van der Waals surface area contributed by atoms with Gasteiger partial charge in [0.25, 0.3) is 0 Å². The fraction of sp³-hybridized carbons (Fsp3) is 0.154. The Morgan fingerprint density at radius 2 is 2.11 bits per heavy atom. The predicted molar refractivity (Wildman–Crippen MR) is 72.0 cm³/mol. The van der Waals surface area contributed by atoms with E-state index in [2.05, 4.69) is 25.5 Å². The van der Waals surface area contributed by atoms with Crippen molar-refractivity contribution in [3.05, 3.63) is 54.6 Å². The average Bonchev–Trinajstić information content (AvgIpc) is 3.08. The molecule has 6 heteroatoms. The van der Waals surface area contributed by atoms with Crippen molar-refractivity contribution in [3.8, 4) is 5.69 Å². The number of H-pyrrole nitrogens is 1. The zero-order valence-corrected chi connectivity index (χ0v) is 10.5. The second kappa shape index (κ2) is 4.93. The lowest BCUT2D eigenvalue weighted by molar-refractivity contribution is 1.03. The summed E-state index contributed by atoms with van der Waals surface area (Å²) in [6.45, 7) is 2.71. The molecule has 0 amide bonds. The van der Waals surface area contributed by atoms with Crippen LogP contribution in [0, 0.1) is 6.92 Å². The van der Waals surface area contributed by atoms with Crippen LogP contribution < -0.4 is 5.32 Å². The molecule has 0 unspecified atom stereocenters. The normalized spacial score (nSPS) is 10.6. The average molecular weight is 254 g/mol. The molecule has 3 aromatic rings. The fourth-order valence-electron chi connectivity index (χ4n) is 1.86. The Labute approximate surface area is 110 Å². The van der Waals surface area contributed by atoms with E-state index in [-0.39, 0.29) is 0 Å². The van der Waals surface area contributed by atoms with E-state index in [9.17, 15) is 0 Å². The first-order chi connectivity index (χ1) is 9.33. The van der Waals surface area contributed by atoms with Crippen LogP contribution in [0.4, 0.5) is 5.69 Å². The SMILES string of the molecule is Cc1[nH]cnc1CNc1cccc(-n2cnnc2)c1. The van der Waals surface area contributed by atoms with Crippen molar-refractivity contribution in [1.29, 1.82) is 0 Å². The molecule has 1 aromatic carbocycles. The number of hydrogen-bond donors (Lipinski definition) is 2. The molecule has 0 bridgehead atoms. The Kier molecular flexibility index (Phi) is 2.97. The summed E-state index contributed by atoms with van der Waals surface area (Å²) in [7, 11) is 0. The highest BCUT2D eigenvalue weighted by molar-refractivity contribution is 5.51. The summed E-state index contributed by atoms with van der Waals surface area (Å²) < 4.78 is 1.87. The van der Waals surface area contributed by atoms with Crippen molar-refractivity contribution in [2.45, 2.75) is 13.5 Å². The maximum Gasteiger partial charge on any atom is 0.123 e. The Balaban J connectivity index is 1.75. The summed E-state index contributed by atoms with van der Waals surface area (Å²) >= 11 is 0. The van der Waals surface area contributed by atoms with E-state index in [1.54, 1.807) is 19.0 Å². The maximum absolute atomic E-state index is 4.26. The first kappa shape index (κ1) is 11.5. The number of anilines is 1. The molecule has 2 aromatic heterocycles. The van der Waals surface area contributed by atoms with Crippen molar-refractivity contribution >= 4 is 5.69 Å². The van der Waals surface area contributed by atoms with Gasteiger partial charge in [0.2, 0.25) is 0 Å². The van der Waals surface area contributed by atoms with Gasteiger partial charge in [-0.3, -0.25) is 4.57 Å². The first-order valence-electron chi connectivity index (χ1n) is 6.01. The number of rotatable bonds is 4. The first-order valence-corrected chi connectivity index (χ1v) is 6.01. The number of aromatic nitrogens is 5. The Bertz CT molecular complexity index is 655. The van der Waals surface area contributed by atoms with Crippen LogP contribution in [0.3, 0.4) is 0 Å². The fourth-order valence-corrected chi connectivity index (χ4v) is 1.86. The molecular formula is C13H14N6. The molecule has 0 aliphatic rings. The maximum atomic E-state index is 4.26. The molecule has 96 valence electrons. The largest absolute Gasteiger partial charge is 0.379 e. The molecule has 0 aliphatic carbocycles. The number of nitrogens with zero attached hydrogens (tertiary/aromatic N) is 4. The van der Waals surface area contributed by atoms with E-state index in [4.69, 9.17) is 0 Å². The second-order valence-corrected chi connectivity index (χ2v) is 4.25. The Morgan fingerprint density at radius 1 is 1.26 bits per heavy atom. The van der Waals surface area contributed by atoms with E-state index >= 15 is 0 Å². The lowest BCUT2D eigenvalue weighted by Gasteiger charge is -2.07. The molecule has 2 N–H and O–H groups in total. The molecule has 19 heavy (non-hydrogen) atoms. The van der Waals surface area contributed by atoms with Gasteiger partial charge in [0.05, 0.1) is 24.3 Å². The van der Waals surface area contributed by atoms with Crippen LogP contribution in [-0.4, -0.2) is 24.7 Å². The summed E-state index contributed by atoms with van der Waals surface area (Å²) in [5, 5.41) is 11.0. The molecule has 0 atom stereocenters. The van der Waals surface area contributed by atoms with Gasteiger partial charge in [0.15, 0.2) is 0 Å². The summed E-state index contributed by atoms with van der Waals surface area (Å²) in [6, 6.07) is 8.07. The zero-order chi connectivity index (χ0) is 13.1. The monoisotopic (exact) mass is 254 g/mol. The standard InChI is InChI=1S/C13H14N6/c1-10-13(16-7-15-10)6-14-11-3-2-4-12(5-11)19-8-17-18-9-19/h2-5,7-9,14H,6H2,1H3,(H,15,16). The molecule has 3 rings (SSSR count). The van der Waals surface area contributed by atoms with Crippen molar-refractivity contribution in [1.82, 2.24) is 24.7 Å². The second-order valence-electron chi connectivity index (χ2n) is 4.25. The van der Waals surface area contributed by atoms with E-state index in [0.717, 1.165) is 22.8 Å². The lowest BCUT2D eigenvalue weighted by atomic mass is 10.2. The van der Waals surface area contributed by atoms with Crippen LogP contribution in [0.5, 0.6) is 0 Å². The lowest BCUT2D eigenvalue weighted by Crippen LogP contribution is -2.02. The topological polar surface area (TPSA) is 71.4 Å². The number of imidazole rings is 1. The van der Waals surface area contributed by atoms with Gasteiger partial charge in [-0.1, -0.05) is 6.07 Å². The third-order valence-electron chi connectivity index (χ3n) is 2.96. The number of hydrogen-bond acceptors (Lipinski definition) is 4. The van der Waals surface area contributed by atoms with Crippen LogP contribution in [0.1, 0.15) is 11.4 Å². The van der Waals surface area contributed by atoms with Crippen LogP contribution in [0.2, 0.25) is 0 Å². The highest BCUT2D eigenvalue weighted by Gasteiger charge is 2.02. The number of nitrogens with one attached hydrogen (secondary N) is 2. The van der Waals surface area contributed by atoms with Gasteiger partial charge >= 0.3 is 0 Å². The summed E-state index contributed by atoms with van der Waals surface area (Å²) in [6.07, 6.45) is 5.06. The van der Waals surface area contributed by atoms with Gasteiger partial charge in [-0.25, -0.2) is 4.98 Å². The molecule has 2 heterocycles. The highest BCUT2D eigenvalue weighted by Crippen LogP contribution is 2.15. The predicted octanol–water partition coefficient (Wildman–Crippen LogP) is 1.91. The van der Waals surface area contributed by atoms with Gasteiger partial charge in [-0.05, 0) is 25.1 Å². The smallest absolute Gasteiger partial charge is 0.123 e. The van der Waals surface area contributed by atoms with E-state index in [1.165, 1.54) is 0 Å². The summed E-state index contributed by atoms with van der Waals surface area (Å²) in [5.74, 6) is 0. The van der Waals surface area contributed by atoms with Crippen LogP contribution in [-0.2, 0) is 6.54 Å². The van der Waals surface area contributed by atoms with Crippen molar-refractivity contribution in [2.75, 3.05) is 5.32 Å². The molecule has 6 nitrogen and oxygen atoms in total. The third-order valence-corrected chi connectivity index (χ3v) is 2.96. The minimum atomic E-state index is 0.695. The zero-order valence-electron chi connectivity index (χ0n) is 10.5. The van der Waals surface area contributed by atoms with E-state index < -0.39 is 0 Å². The van der Waals surface area contributed by atoms with Gasteiger partial charge < -0.3 is 10.3 Å². The summed E-state index contributed by atoms with van der Waals surface area (Å²) in [4.78, 5) is 7.33. The van der Waals surface area contributed by atoms with E-state index in [1.807, 2.05) is 35.8 Å². The third kappa shape index (κ3) is 2.47. The molecule has 0 spiro atoms. The highest BCUT2D eigenvalue weighted by atomic mass is 15.2. The van der Waals surface area contributed by atoms with E-state index in [0.29, 0.717) is 6.54 Å². The van der Waals surface area contributed by atoms with Crippen LogP contribution in [0.15, 0.2) is 43.2 Å². The number of benzene rings is 1. The Hall–Kier alpha value is -2.63. The minimum absolute atomic E-state index is 0.695. The quantitative estimate of drug-likeness (QED) is 0.746. The number of aromatic amines is 1. The summed E-state index contributed by atoms with van der Waals surface area (Å²) in [5.41, 5.74) is 4.17. The van der Waals surface area contributed by atoms with Gasteiger partial charge in [-0.2, -0.15) is 0 Å². The van der Waals surface area contributed by atoms with Gasteiger partial charge in [0, 0.05) is 11.4 Å². The van der Waals surface area contributed by atoms with Crippen molar-refractivity contribution < 1.29 is 0 Å². The van der Waals surface area contributed by atoms with Gasteiger partial charge in [-0.15, -0.1) is 10.2 Å². The molecule has 0 saturated carbocycles. The van der Waals surface area contributed by atoms with Crippen molar-refractivity contribution in [3.63, 3.8) is 0 Å². The number of aryl methyl sites for hydroxylation is 1. The molecule has 0 saturated heterocycles. The van der Waals surface area contributed by atoms with Crippen molar-refractivity contribution in [2.24, 2.45) is 0 Å². The van der Waals surface area contributed by atoms with Crippen LogP contribution >= 0.6 is 0 Å². The van der Waals surface area contributed by atoms with Crippen LogP contribution in [0.25, 0.3) is 5.69 Å². The minimum Gasteiger partial charge on any atom is -0.379 e. The Morgan fingerprint density at radius 3 is 2.84 bits per heavy atom. The molecular weight excluding hydrogens is 240 g/mol.